The molecule has 0 saturated carbocycles. The number of amides is 1. The number of fused-ring (bicyclic) bond motifs is 1. The van der Waals surface area contributed by atoms with Crippen molar-refractivity contribution >= 4 is 22.9 Å². The molecule has 3 aromatic heterocycles. The number of hydrogen-bond donors (Lipinski definition) is 1. The van der Waals surface area contributed by atoms with Gasteiger partial charge in [0.15, 0.2) is 0 Å². The lowest BCUT2D eigenvalue weighted by molar-refractivity contribution is -0.112. The summed E-state index contributed by atoms with van der Waals surface area (Å²) in [6.07, 6.45) is 3.75. The number of carbonyl (C=O) groups excluding carboxylic acids is 2. The molecule has 5 rings (SSSR count). The summed E-state index contributed by atoms with van der Waals surface area (Å²) in [6.45, 7) is 8.59. The van der Waals surface area contributed by atoms with E-state index in [0.717, 1.165) is 33.7 Å². The van der Waals surface area contributed by atoms with Crippen LogP contribution in [0.1, 0.15) is 61.2 Å². The van der Waals surface area contributed by atoms with Gasteiger partial charge in [-0.25, -0.2) is 4.98 Å². The fraction of sp³-hybridized carbons (Fsp3) is 0.219. The van der Waals surface area contributed by atoms with Crippen LogP contribution in [0.2, 0.25) is 0 Å². The lowest BCUT2D eigenvalue weighted by Crippen LogP contribution is -2.25. The molecule has 1 amide bonds. The Morgan fingerprint density at radius 1 is 0.921 bits per heavy atom. The number of aromatic nitrogens is 3. The smallest absolute Gasteiger partial charge is 0.298 e. The monoisotopic (exact) mass is 504 g/mol. The van der Waals surface area contributed by atoms with Crippen molar-refractivity contribution in [3.05, 3.63) is 114 Å². The number of pyridine rings is 1. The van der Waals surface area contributed by atoms with Crippen LogP contribution in [0.15, 0.2) is 91.3 Å². The van der Waals surface area contributed by atoms with E-state index in [0.29, 0.717) is 17.3 Å². The van der Waals surface area contributed by atoms with Crippen LogP contribution in [-0.2, 0) is 17.3 Å². The number of Topliss-reactive ketones (excluding diaryl/α,β-unsaturated/α-hetero) is 1. The summed E-state index contributed by atoms with van der Waals surface area (Å²) >= 11 is 0. The maximum atomic E-state index is 13.5. The van der Waals surface area contributed by atoms with Gasteiger partial charge in [0.1, 0.15) is 11.5 Å². The minimum Gasteiger partial charge on any atom is -0.334 e. The molecule has 0 unspecified atom stereocenters. The molecule has 38 heavy (non-hydrogen) atoms. The van der Waals surface area contributed by atoms with Crippen LogP contribution < -0.4 is 5.32 Å². The first kappa shape index (κ1) is 25.2. The number of nitrogens with one attached hydrogen (secondary N) is 1. The Morgan fingerprint density at radius 3 is 2.26 bits per heavy atom. The van der Waals surface area contributed by atoms with Gasteiger partial charge in [0.2, 0.25) is 0 Å². The molecule has 0 radical (unpaired) electrons. The van der Waals surface area contributed by atoms with Crippen LogP contribution in [0.3, 0.4) is 0 Å². The third kappa shape index (κ3) is 4.43. The first-order chi connectivity index (χ1) is 18.2. The average molecular weight is 505 g/mol. The second-order valence-corrected chi connectivity index (χ2v) is 10.5. The predicted molar refractivity (Wildman–Crippen MR) is 152 cm³/mol. The molecule has 0 spiro atoms. The molecule has 0 bridgehead atoms. The molecule has 0 fully saturated rings. The first-order valence-corrected chi connectivity index (χ1v) is 12.8. The fourth-order valence-corrected chi connectivity index (χ4v) is 5.15. The minimum absolute atomic E-state index is 0.289. The molecule has 6 nitrogen and oxygen atoms in total. The third-order valence-corrected chi connectivity index (χ3v) is 7.23. The van der Waals surface area contributed by atoms with E-state index < -0.39 is 11.7 Å². The highest BCUT2D eigenvalue weighted by molar-refractivity contribution is 6.47. The van der Waals surface area contributed by atoms with E-state index in [9.17, 15) is 9.59 Å². The fourth-order valence-electron chi connectivity index (χ4n) is 5.15. The Hall–Kier alpha value is -4.45. The zero-order chi connectivity index (χ0) is 27.0. The van der Waals surface area contributed by atoms with E-state index in [1.165, 1.54) is 0 Å². The molecular weight excluding hydrogens is 472 g/mol. The van der Waals surface area contributed by atoms with Crippen LogP contribution in [0, 0.1) is 0 Å². The number of imidazole rings is 1. The Bertz CT molecular complexity index is 1620. The molecule has 192 valence electrons. The second kappa shape index (κ2) is 9.78. The van der Waals surface area contributed by atoms with Gasteiger partial charge in [0.25, 0.3) is 11.7 Å². The molecule has 2 aromatic carbocycles. The van der Waals surface area contributed by atoms with E-state index in [4.69, 9.17) is 0 Å². The van der Waals surface area contributed by atoms with Crippen molar-refractivity contribution in [3.63, 3.8) is 0 Å². The molecule has 6 heteroatoms. The molecule has 1 N–H and O–H groups in total. The average Bonchev–Trinajstić information content (AvgIpc) is 3.50. The summed E-state index contributed by atoms with van der Waals surface area (Å²) in [5.74, 6) is 0.116. The van der Waals surface area contributed by atoms with Crippen LogP contribution in [-0.4, -0.2) is 25.6 Å². The van der Waals surface area contributed by atoms with E-state index in [1.54, 1.807) is 4.40 Å². The summed E-state index contributed by atoms with van der Waals surface area (Å²) in [7, 11) is 2.05. The van der Waals surface area contributed by atoms with Crippen LogP contribution >= 0.6 is 0 Å². The van der Waals surface area contributed by atoms with Gasteiger partial charge >= 0.3 is 0 Å². The molecule has 5 aromatic rings. The molecule has 0 aliphatic carbocycles. The highest BCUT2D eigenvalue weighted by atomic mass is 16.2. The quantitative estimate of drug-likeness (QED) is 0.200. The summed E-state index contributed by atoms with van der Waals surface area (Å²) in [5.41, 5.74) is 5.29. The van der Waals surface area contributed by atoms with Crippen molar-refractivity contribution < 1.29 is 9.59 Å². The van der Waals surface area contributed by atoms with Crippen LogP contribution in [0.25, 0.3) is 16.6 Å². The molecule has 0 atom stereocenters. The largest absolute Gasteiger partial charge is 0.334 e. The zero-order valence-corrected chi connectivity index (χ0v) is 22.4. The van der Waals surface area contributed by atoms with Crippen LogP contribution in [0.5, 0.6) is 0 Å². The number of anilines is 1. The predicted octanol–water partition coefficient (Wildman–Crippen LogP) is 6.61. The lowest BCUT2D eigenvalue weighted by Gasteiger charge is -2.26. The van der Waals surface area contributed by atoms with E-state index in [1.807, 2.05) is 91.3 Å². The van der Waals surface area contributed by atoms with Gasteiger partial charge < -0.3 is 14.3 Å². The Kier molecular flexibility index (Phi) is 6.49. The number of carbonyl (C=O) groups is 2. The Balaban J connectivity index is 1.41. The van der Waals surface area contributed by atoms with E-state index in [-0.39, 0.29) is 5.41 Å². The van der Waals surface area contributed by atoms with Gasteiger partial charge in [-0.05, 0) is 41.5 Å². The van der Waals surface area contributed by atoms with Crippen molar-refractivity contribution in [2.45, 2.75) is 39.0 Å². The minimum atomic E-state index is -0.675. The summed E-state index contributed by atoms with van der Waals surface area (Å²) in [6, 6.07) is 24.9. The van der Waals surface area contributed by atoms with Crippen molar-refractivity contribution in [2.24, 2.45) is 7.05 Å². The van der Waals surface area contributed by atoms with Crippen molar-refractivity contribution in [1.82, 2.24) is 14.0 Å². The van der Waals surface area contributed by atoms with Crippen molar-refractivity contribution in [3.8, 4) is 11.1 Å². The number of hydrogen-bond acceptors (Lipinski definition) is 3. The molecule has 0 saturated heterocycles. The topological polar surface area (TPSA) is 68.4 Å². The summed E-state index contributed by atoms with van der Waals surface area (Å²) in [4.78, 5) is 31.3. The summed E-state index contributed by atoms with van der Waals surface area (Å²) < 4.78 is 3.93. The van der Waals surface area contributed by atoms with Gasteiger partial charge in [-0.3, -0.25) is 9.59 Å². The van der Waals surface area contributed by atoms with E-state index >= 15 is 0 Å². The number of ketones is 1. The van der Waals surface area contributed by atoms with Gasteiger partial charge in [0, 0.05) is 53.2 Å². The molecule has 0 aliphatic heterocycles. The standard InChI is InChI=1S/C32H32N4O2/c1-21(2)30-33-20-27(35(30)5)32(3,4)23-14-16-24(17-15-23)34-31(38)29(37)28-26(22-11-7-6-8-12-22)19-25-13-9-10-18-36(25)28/h6-21H,1-5H3,(H,34,38). The SMILES string of the molecule is CC(C)c1ncc(C(C)(C)c2ccc(NC(=O)C(=O)c3c(-c4ccccc4)cc4ccccn34)cc2)n1C. The number of rotatable bonds is 7. The molecule has 3 heterocycles. The van der Waals surface area contributed by atoms with Crippen molar-refractivity contribution in [2.75, 3.05) is 5.32 Å². The Morgan fingerprint density at radius 2 is 1.61 bits per heavy atom. The molecule has 0 aliphatic rings. The number of nitrogens with zero attached hydrogens (tertiary/aromatic N) is 3. The van der Waals surface area contributed by atoms with Gasteiger partial charge in [0.05, 0.1) is 0 Å². The van der Waals surface area contributed by atoms with E-state index in [2.05, 4.69) is 49.6 Å². The van der Waals surface area contributed by atoms with Gasteiger partial charge in [-0.1, -0.05) is 76.2 Å². The second-order valence-electron chi connectivity index (χ2n) is 10.5. The maximum Gasteiger partial charge on any atom is 0.298 e. The van der Waals surface area contributed by atoms with Crippen LogP contribution in [0.4, 0.5) is 5.69 Å². The summed E-state index contributed by atoms with van der Waals surface area (Å²) in [5, 5.41) is 2.80. The third-order valence-electron chi connectivity index (χ3n) is 7.23. The maximum absolute atomic E-state index is 13.5. The highest BCUT2D eigenvalue weighted by Crippen LogP contribution is 2.33. The number of benzene rings is 2. The highest BCUT2D eigenvalue weighted by Gasteiger charge is 2.29. The van der Waals surface area contributed by atoms with Gasteiger partial charge in [-0.2, -0.15) is 0 Å². The zero-order valence-electron chi connectivity index (χ0n) is 22.4. The normalized spacial score (nSPS) is 11.7. The molecular formula is C32H32N4O2. The first-order valence-electron chi connectivity index (χ1n) is 12.8. The lowest BCUT2D eigenvalue weighted by atomic mass is 9.81. The van der Waals surface area contributed by atoms with Crippen molar-refractivity contribution in [1.29, 1.82) is 0 Å². The van der Waals surface area contributed by atoms with Gasteiger partial charge in [-0.15, -0.1) is 0 Å². The Labute approximate surface area is 223 Å².